The van der Waals surface area contributed by atoms with E-state index in [4.69, 9.17) is 4.74 Å². The Morgan fingerprint density at radius 3 is 2.17 bits per heavy atom. The highest BCUT2D eigenvalue weighted by molar-refractivity contribution is 5.63. The minimum Gasteiger partial charge on any atom is -0.378 e. The summed E-state index contributed by atoms with van der Waals surface area (Å²) in [4.78, 5) is 0. The van der Waals surface area contributed by atoms with Gasteiger partial charge in [0.2, 0.25) is 0 Å². The van der Waals surface area contributed by atoms with E-state index in [1.165, 1.54) is 56.2 Å². The second-order valence-corrected chi connectivity index (χ2v) is 6.85. The topological polar surface area (TPSA) is 9.23 Å². The van der Waals surface area contributed by atoms with Gasteiger partial charge in [0.25, 0.3) is 0 Å². The van der Waals surface area contributed by atoms with Crippen LogP contribution in [0, 0.1) is 5.82 Å². The van der Waals surface area contributed by atoms with Crippen molar-refractivity contribution in [2.45, 2.75) is 57.5 Å². The van der Waals surface area contributed by atoms with Crippen molar-refractivity contribution in [1.29, 1.82) is 0 Å². The molecule has 2 heteroatoms. The molecule has 0 saturated carbocycles. The number of hydrogen-bond acceptors (Lipinski definition) is 1. The highest BCUT2D eigenvalue weighted by Gasteiger charge is 2.22. The minimum absolute atomic E-state index is 0.191. The molecule has 2 atom stereocenters. The van der Waals surface area contributed by atoms with E-state index in [0.717, 1.165) is 17.7 Å². The number of ether oxygens (including phenoxy) is 1. The lowest BCUT2D eigenvalue weighted by Gasteiger charge is -2.29. The summed E-state index contributed by atoms with van der Waals surface area (Å²) < 4.78 is 19.1. The average Bonchev–Trinajstić information content (AvgIpc) is 2.63. The molecule has 0 bridgehead atoms. The zero-order valence-electron chi connectivity index (χ0n) is 14.5. The molecular formula is C22H27FO. The molecule has 3 rings (SSSR count). The van der Waals surface area contributed by atoms with Gasteiger partial charge in [-0.1, -0.05) is 62.6 Å². The normalized spacial score (nSPS) is 20.9. The van der Waals surface area contributed by atoms with Gasteiger partial charge in [0.1, 0.15) is 5.82 Å². The Morgan fingerprint density at radius 1 is 0.917 bits per heavy atom. The molecule has 1 nitrogen and oxygen atoms in total. The third kappa shape index (κ3) is 4.45. The monoisotopic (exact) mass is 326 g/mol. The van der Waals surface area contributed by atoms with E-state index in [9.17, 15) is 4.39 Å². The molecule has 0 spiro atoms. The van der Waals surface area contributed by atoms with Crippen molar-refractivity contribution >= 4 is 0 Å². The first kappa shape index (κ1) is 17.2. The van der Waals surface area contributed by atoms with Crippen LogP contribution in [0.25, 0.3) is 11.1 Å². The summed E-state index contributed by atoms with van der Waals surface area (Å²) in [5.74, 6) is 0.318. The summed E-state index contributed by atoms with van der Waals surface area (Å²) in [5.41, 5.74) is 3.54. The first-order valence-electron chi connectivity index (χ1n) is 9.23. The van der Waals surface area contributed by atoms with Crippen LogP contribution in [0.15, 0.2) is 48.5 Å². The highest BCUT2D eigenvalue weighted by Crippen LogP contribution is 2.31. The van der Waals surface area contributed by atoms with Crippen LogP contribution < -0.4 is 0 Å². The molecule has 1 aliphatic rings. The zero-order valence-corrected chi connectivity index (χ0v) is 14.5. The summed E-state index contributed by atoms with van der Waals surface area (Å²) in [6.07, 6.45) is 7.94. The van der Waals surface area contributed by atoms with Crippen molar-refractivity contribution in [1.82, 2.24) is 0 Å². The molecular weight excluding hydrogens is 299 g/mol. The molecule has 1 saturated heterocycles. The average molecular weight is 326 g/mol. The molecule has 0 radical (unpaired) electrons. The van der Waals surface area contributed by atoms with Crippen molar-refractivity contribution in [3.63, 3.8) is 0 Å². The van der Waals surface area contributed by atoms with Crippen LogP contribution >= 0.6 is 0 Å². The highest BCUT2D eigenvalue weighted by atomic mass is 19.1. The van der Waals surface area contributed by atoms with Crippen LogP contribution in [0.3, 0.4) is 0 Å². The number of unbranched alkanes of at least 4 members (excludes halogenated alkanes) is 2. The summed E-state index contributed by atoms with van der Waals surface area (Å²) in [6, 6.07) is 15.3. The molecule has 0 amide bonds. The lowest BCUT2D eigenvalue weighted by molar-refractivity contribution is -0.00207. The van der Waals surface area contributed by atoms with E-state index >= 15 is 0 Å². The Labute approximate surface area is 144 Å². The zero-order chi connectivity index (χ0) is 16.8. The molecule has 1 heterocycles. The Morgan fingerprint density at radius 2 is 1.58 bits per heavy atom. The Kier molecular flexibility index (Phi) is 6.03. The van der Waals surface area contributed by atoms with Crippen LogP contribution in [0.2, 0.25) is 0 Å². The van der Waals surface area contributed by atoms with Gasteiger partial charge < -0.3 is 4.74 Å². The molecule has 2 aromatic rings. The smallest absolute Gasteiger partial charge is 0.123 e. The Bertz CT molecular complexity index is 609. The van der Waals surface area contributed by atoms with Crippen LogP contribution in [0.1, 0.15) is 56.9 Å². The van der Waals surface area contributed by atoms with Gasteiger partial charge in [0.05, 0.1) is 12.7 Å². The quantitative estimate of drug-likeness (QED) is 0.563. The Balaban J connectivity index is 1.56. The van der Waals surface area contributed by atoms with E-state index in [-0.39, 0.29) is 5.82 Å². The summed E-state index contributed by atoms with van der Waals surface area (Å²) in [5, 5.41) is 0. The van der Waals surface area contributed by atoms with Gasteiger partial charge in [-0.05, 0) is 48.1 Å². The molecule has 2 unspecified atom stereocenters. The second-order valence-electron chi connectivity index (χ2n) is 6.85. The van der Waals surface area contributed by atoms with Gasteiger partial charge >= 0.3 is 0 Å². The third-order valence-electron chi connectivity index (χ3n) is 5.06. The van der Waals surface area contributed by atoms with Crippen molar-refractivity contribution in [3.8, 4) is 11.1 Å². The largest absolute Gasteiger partial charge is 0.378 e. The summed E-state index contributed by atoms with van der Waals surface area (Å²) in [7, 11) is 0. The van der Waals surface area contributed by atoms with Crippen molar-refractivity contribution in [3.05, 3.63) is 59.9 Å². The molecule has 24 heavy (non-hydrogen) atoms. The molecule has 1 fully saturated rings. The van der Waals surface area contributed by atoms with Crippen LogP contribution in [-0.4, -0.2) is 12.7 Å². The lowest BCUT2D eigenvalue weighted by atomic mass is 9.89. The van der Waals surface area contributed by atoms with E-state index < -0.39 is 0 Å². The molecule has 0 aliphatic carbocycles. The van der Waals surface area contributed by atoms with E-state index in [1.54, 1.807) is 0 Å². The molecule has 1 aliphatic heterocycles. The maximum atomic E-state index is 13.0. The minimum atomic E-state index is -0.191. The third-order valence-corrected chi connectivity index (χ3v) is 5.06. The maximum Gasteiger partial charge on any atom is 0.123 e. The maximum absolute atomic E-state index is 13.0. The van der Waals surface area contributed by atoms with Gasteiger partial charge in [0, 0.05) is 5.92 Å². The molecule has 128 valence electrons. The molecule has 2 aromatic carbocycles. The number of rotatable bonds is 6. The number of halogens is 1. The number of hydrogen-bond donors (Lipinski definition) is 0. The predicted octanol–water partition coefficient (Wildman–Crippen LogP) is 6.34. The van der Waals surface area contributed by atoms with Gasteiger partial charge in [-0.25, -0.2) is 4.39 Å². The van der Waals surface area contributed by atoms with Gasteiger partial charge in [0.15, 0.2) is 0 Å². The molecule has 0 N–H and O–H groups in total. The fraction of sp³-hybridized carbons (Fsp3) is 0.455. The standard InChI is InChI=1S/C22H27FO/c1-2-3-4-5-22-15-12-20(16-24-22)19-8-6-17(7-9-19)18-10-13-21(23)14-11-18/h6-11,13-14,20,22H,2-5,12,15-16H2,1H3. The number of benzene rings is 2. The van der Waals surface area contributed by atoms with E-state index in [1.807, 2.05) is 12.1 Å². The van der Waals surface area contributed by atoms with Crippen LogP contribution in [-0.2, 0) is 4.74 Å². The predicted molar refractivity (Wildman–Crippen MR) is 97.7 cm³/mol. The van der Waals surface area contributed by atoms with Gasteiger partial charge in [-0.2, -0.15) is 0 Å². The summed E-state index contributed by atoms with van der Waals surface area (Å²) in [6.45, 7) is 3.08. The SMILES string of the molecule is CCCCCC1CCC(c2ccc(-c3ccc(F)cc3)cc2)CO1. The fourth-order valence-corrected chi connectivity index (χ4v) is 3.51. The fourth-order valence-electron chi connectivity index (χ4n) is 3.51. The van der Waals surface area contributed by atoms with Gasteiger partial charge in [-0.3, -0.25) is 0 Å². The van der Waals surface area contributed by atoms with Crippen molar-refractivity contribution in [2.24, 2.45) is 0 Å². The summed E-state index contributed by atoms with van der Waals surface area (Å²) >= 11 is 0. The first-order valence-corrected chi connectivity index (χ1v) is 9.23. The first-order chi connectivity index (χ1) is 11.8. The lowest BCUT2D eigenvalue weighted by Crippen LogP contribution is -2.24. The second kappa shape index (κ2) is 8.43. The van der Waals surface area contributed by atoms with Gasteiger partial charge in [-0.15, -0.1) is 0 Å². The van der Waals surface area contributed by atoms with Crippen LogP contribution in [0.4, 0.5) is 4.39 Å². The molecule has 0 aromatic heterocycles. The van der Waals surface area contributed by atoms with Crippen molar-refractivity contribution in [2.75, 3.05) is 6.61 Å². The Hall–Kier alpha value is -1.67. The van der Waals surface area contributed by atoms with Crippen LogP contribution in [0.5, 0.6) is 0 Å². The van der Waals surface area contributed by atoms with E-state index in [0.29, 0.717) is 12.0 Å². The van der Waals surface area contributed by atoms with E-state index in [2.05, 4.69) is 31.2 Å². The van der Waals surface area contributed by atoms with Crippen molar-refractivity contribution < 1.29 is 9.13 Å².